The van der Waals surface area contributed by atoms with Crippen LogP contribution in [0.5, 0.6) is 0 Å². The van der Waals surface area contributed by atoms with Crippen molar-refractivity contribution in [1.29, 1.82) is 0 Å². The Balaban J connectivity index is 2.05. The quantitative estimate of drug-likeness (QED) is 0.776. The van der Waals surface area contributed by atoms with Gasteiger partial charge in [0.2, 0.25) is 5.91 Å². The maximum atomic E-state index is 13.4. The molecule has 0 saturated carbocycles. The van der Waals surface area contributed by atoms with E-state index in [2.05, 4.69) is 17.6 Å². The average molecular weight is 346 g/mol. The molecule has 3 nitrogen and oxygen atoms in total. The van der Waals surface area contributed by atoms with Gasteiger partial charge in [0.15, 0.2) is 0 Å². The number of amides is 1. The minimum atomic E-state index is -0.196. The van der Waals surface area contributed by atoms with Crippen LogP contribution in [0.15, 0.2) is 42.5 Å². The van der Waals surface area contributed by atoms with Crippen LogP contribution in [0.4, 0.5) is 10.1 Å². The molecule has 2 N–H and O–H groups in total. The number of nitrogens with one attached hydrogen (secondary N) is 2. The van der Waals surface area contributed by atoms with Gasteiger partial charge in [0.25, 0.3) is 0 Å². The average Bonchev–Trinajstić information content (AvgIpc) is 2.54. The lowest BCUT2D eigenvalue weighted by Crippen LogP contribution is -2.19. The summed E-state index contributed by atoms with van der Waals surface area (Å²) < 4.78 is 13.4. The minimum Gasteiger partial charge on any atom is -0.326 e. The van der Waals surface area contributed by atoms with Gasteiger partial charge >= 0.3 is 0 Å². The Morgan fingerprint density at radius 1 is 1.21 bits per heavy atom. The summed E-state index contributed by atoms with van der Waals surface area (Å²) in [6.45, 7) is 4.24. The fraction of sp³-hybridized carbons (Fsp3) is 0.316. The van der Waals surface area contributed by atoms with E-state index in [9.17, 15) is 9.18 Å². The molecule has 5 heteroatoms. The molecule has 0 aliphatic heterocycles. The number of thioether (sulfide) groups is 1. The van der Waals surface area contributed by atoms with E-state index < -0.39 is 0 Å². The number of rotatable bonds is 7. The Bertz CT molecular complexity index is 706. The molecule has 1 atom stereocenters. The number of carbonyl (C=O) groups is 1. The fourth-order valence-corrected chi connectivity index (χ4v) is 3.11. The Labute approximate surface area is 147 Å². The molecule has 0 spiro atoms. The van der Waals surface area contributed by atoms with Crippen LogP contribution in [0.3, 0.4) is 0 Å². The van der Waals surface area contributed by atoms with Crippen LogP contribution in [0.25, 0.3) is 0 Å². The summed E-state index contributed by atoms with van der Waals surface area (Å²) in [7, 11) is 0. The lowest BCUT2D eigenvalue weighted by molar-refractivity contribution is -0.114. The summed E-state index contributed by atoms with van der Waals surface area (Å²) in [4.78, 5) is 11.2. The molecule has 0 saturated heterocycles. The molecule has 1 amide bonds. The summed E-state index contributed by atoms with van der Waals surface area (Å²) in [5, 5.41) is 6.26. The van der Waals surface area contributed by atoms with Crippen molar-refractivity contribution in [2.24, 2.45) is 0 Å². The van der Waals surface area contributed by atoms with Crippen LogP contribution < -0.4 is 10.6 Å². The maximum absolute atomic E-state index is 13.4. The monoisotopic (exact) mass is 346 g/mol. The van der Waals surface area contributed by atoms with Gasteiger partial charge < -0.3 is 10.6 Å². The van der Waals surface area contributed by atoms with E-state index in [1.807, 2.05) is 36.6 Å². The van der Waals surface area contributed by atoms with E-state index >= 15 is 0 Å². The predicted molar refractivity (Wildman–Crippen MR) is 99.6 cm³/mol. The van der Waals surface area contributed by atoms with E-state index in [-0.39, 0.29) is 17.8 Å². The van der Waals surface area contributed by atoms with Crippen LogP contribution >= 0.6 is 11.8 Å². The number of hydrogen-bond donors (Lipinski definition) is 2. The Kier molecular flexibility index (Phi) is 6.82. The Morgan fingerprint density at radius 3 is 2.71 bits per heavy atom. The van der Waals surface area contributed by atoms with E-state index in [0.29, 0.717) is 6.54 Å². The second kappa shape index (κ2) is 8.85. The zero-order valence-electron chi connectivity index (χ0n) is 14.2. The molecule has 0 aromatic heterocycles. The van der Waals surface area contributed by atoms with Gasteiger partial charge in [-0.25, -0.2) is 4.39 Å². The normalized spacial score (nSPS) is 12.0. The highest BCUT2D eigenvalue weighted by Crippen LogP contribution is 2.20. The van der Waals surface area contributed by atoms with Crippen molar-refractivity contribution in [2.45, 2.75) is 32.2 Å². The standard InChI is InChI=1S/C19H23FN2OS/c1-13(15-5-4-6-19(10-15)22-14(2)23)21-11-16-7-8-18(20)9-17(16)12-24-3/h4-10,13,21H,11-12H2,1-3H3,(H,22,23). The molecule has 128 valence electrons. The molecule has 0 bridgehead atoms. The van der Waals surface area contributed by atoms with Crippen molar-refractivity contribution >= 4 is 23.4 Å². The van der Waals surface area contributed by atoms with Gasteiger partial charge in [-0.05, 0) is 54.1 Å². The van der Waals surface area contributed by atoms with E-state index in [1.165, 1.54) is 13.0 Å². The highest BCUT2D eigenvalue weighted by Gasteiger charge is 2.09. The molecule has 0 radical (unpaired) electrons. The van der Waals surface area contributed by atoms with Crippen LogP contribution in [0.1, 0.15) is 36.6 Å². The molecule has 0 heterocycles. The number of carbonyl (C=O) groups excluding carboxylic acids is 1. The van der Waals surface area contributed by atoms with E-state index in [4.69, 9.17) is 0 Å². The molecule has 0 aliphatic carbocycles. The van der Waals surface area contributed by atoms with Gasteiger partial charge in [-0.3, -0.25) is 4.79 Å². The first kappa shape index (κ1) is 18.5. The number of benzene rings is 2. The lowest BCUT2D eigenvalue weighted by Gasteiger charge is -2.17. The van der Waals surface area contributed by atoms with Crippen LogP contribution in [-0.4, -0.2) is 12.2 Å². The van der Waals surface area contributed by atoms with Crippen molar-refractivity contribution in [2.75, 3.05) is 11.6 Å². The first-order valence-corrected chi connectivity index (χ1v) is 9.26. The third-order valence-electron chi connectivity index (χ3n) is 3.77. The molecular weight excluding hydrogens is 323 g/mol. The summed E-state index contributed by atoms with van der Waals surface area (Å²) in [5.74, 6) is 0.515. The summed E-state index contributed by atoms with van der Waals surface area (Å²) >= 11 is 1.68. The zero-order chi connectivity index (χ0) is 17.5. The van der Waals surface area contributed by atoms with Gasteiger partial charge in [0.1, 0.15) is 5.82 Å². The van der Waals surface area contributed by atoms with E-state index in [0.717, 1.165) is 28.1 Å². The molecule has 0 aliphatic rings. The Morgan fingerprint density at radius 2 is 2.00 bits per heavy atom. The number of hydrogen-bond acceptors (Lipinski definition) is 3. The van der Waals surface area contributed by atoms with Crippen LogP contribution in [-0.2, 0) is 17.1 Å². The second-order valence-electron chi connectivity index (χ2n) is 5.76. The molecular formula is C19H23FN2OS. The fourth-order valence-electron chi connectivity index (χ4n) is 2.53. The highest BCUT2D eigenvalue weighted by atomic mass is 32.2. The zero-order valence-corrected chi connectivity index (χ0v) is 15.0. The van der Waals surface area contributed by atoms with Crippen molar-refractivity contribution < 1.29 is 9.18 Å². The van der Waals surface area contributed by atoms with Crippen molar-refractivity contribution in [3.63, 3.8) is 0 Å². The highest BCUT2D eigenvalue weighted by molar-refractivity contribution is 7.97. The lowest BCUT2D eigenvalue weighted by atomic mass is 10.1. The molecule has 2 aromatic carbocycles. The van der Waals surface area contributed by atoms with Crippen LogP contribution in [0.2, 0.25) is 0 Å². The van der Waals surface area contributed by atoms with Gasteiger partial charge in [-0.2, -0.15) is 11.8 Å². The summed E-state index contributed by atoms with van der Waals surface area (Å²) in [6, 6.07) is 12.9. The predicted octanol–water partition coefficient (Wildman–Crippen LogP) is 4.50. The SMILES string of the molecule is CSCc1cc(F)ccc1CNC(C)c1cccc(NC(C)=O)c1. The van der Waals surface area contributed by atoms with Gasteiger partial charge in [-0.15, -0.1) is 0 Å². The van der Waals surface area contributed by atoms with Crippen LogP contribution in [0, 0.1) is 5.82 Å². The Hall–Kier alpha value is -1.85. The molecule has 24 heavy (non-hydrogen) atoms. The minimum absolute atomic E-state index is 0.0826. The molecule has 0 fully saturated rings. The van der Waals surface area contributed by atoms with Crippen molar-refractivity contribution in [1.82, 2.24) is 5.32 Å². The third kappa shape index (κ3) is 5.35. The van der Waals surface area contributed by atoms with Gasteiger partial charge in [0, 0.05) is 31.0 Å². The molecule has 2 aromatic rings. The number of halogens is 1. The third-order valence-corrected chi connectivity index (χ3v) is 4.37. The van der Waals surface area contributed by atoms with Crippen molar-refractivity contribution in [3.8, 4) is 0 Å². The molecule has 1 unspecified atom stereocenters. The second-order valence-corrected chi connectivity index (χ2v) is 6.62. The first-order chi connectivity index (χ1) is 11.5. The topological polar surface area (TPSA) is 41.1 Å². The maximum Gasteiger partial charge on any atom is 0.221 e. The van der Waals surface area contributed by atoms with Gasteiger partial charge in [0.05, 0.1) is 0 Å². The first-order valence-electron chi connectivity index (χ1n) is 7.86. The largest absolute Gasteiger partial charge is 0.326 e. The van der Waals surface area contributed by atoms with Gasteiger partial charge in [-0.1, -0.05) is 18.2 Å². The smallest absolute Gasteiger partial charge is 0.221 e. The summed E-state index contributed by atoms with van der Waals surface area (Å²) in [5.41, 5.74) is 4.01. The van der Waals surface area contributed by atoms with Crippen molar-refractivity contribution in [3.05, 3.63) is 65.0 Å². The van der Waals surface area contributed by atoms with E-state index in [1.54, 1.807) is 17.8 Å². The summed E-state index contributed by atoms with van der Waals surface area (Å²) in [6.07, 6.45) is 2.01. The number of anilines is 1. The molecule has 2 rings (SSSR count).